The minimum Gasteiger partial charge on any atom is -0.368 e. The van der Waals surface area contributed by atoms with Gasteiger partial charge in [-0.2, -0.15) is 15.2 Å². The van der Waals surface area contributed by atoms with E-state index in [-0.39, 0.29) is 5.95 Å². The van der Waals surface area contributed by atoms with E-state index in [0.29, 0.717) is 22.5 Å². The lowest BCUT2D eigenvalue weighted by atomic mass is 10.2. The molecule has 0 saturated carbocycles. The Labute approximate surface area is 114 Å². The van der Waals surface area contributed by atoms with Crippen molar-refractivity contribution in [2.45, 2.75) is 0 Å². The number of aromatic nitrogens is 4. The van der Waals surface area contributed by atoms with Gasteiger partial charge in [-0.3, -0.25) is 0 Å². The normalized spacial score (nSPS) is 10.4. The summed E-state index contributed by atoms with van der Waals surface area (Å²) in [7, 11) is 1.85. The molecule has 2 heterocycles. The van der Waals surface area contributed by atoms with Crippen LogP contribution in [0.3, 0.4) is 0 Å². The van der Waals surface area contributed by atoms with E-state index >= 15 is 0 Å². The van der Waals surface area contributed by atoms with Gasteiger partial charge in [0, 0.05) is 12.7 Å². The fourth-order valence-corrected chi connectivity index (χ4v) is 1.98. The van der Waals surface area contributed by atoms with E-state index in [1.54, 1.807) is 18.5 Å². The van der Waals surface area contributed by atoms with Crippen LogP contribution in [0.1, 0.15) is 5.56 Å². The van der Waals surface area contributed by atoms with Crippen molar-refractivity contribution in [3.8, 4) is 6.07 Å². The fourth-order valence-electron chi connectivity index (χ4n) is 1.98. The van der Waals surface area contributed by atoms with E-state index in [1.165, 1.54) is 0 Å². The molecule has 98 valence electrons. The number of nitrogen functional groups attached to an aromatic ring is 1. The molecule has 0 aliphatic heterocycles. The molecule has 0 radical (unpaired) electrons. The van der Waals surface area contributed by atoms with Crippen molar-refractivity contribution >= 4 is 28.6 Å². The lowest BCUT2D eigenvalue weighted by molar-refractivity contribution is 1.11. The number of nitrogens with one attached hydrogen (secondary N) is 1. The highest BCUT2D eigenvalue weighted by Crippen LogP contribution is 2.27. The van der Waals surface area contributed by atoms with Crippen LogP contribution in [-0.4, -0.2) is 27.0 Å². The SMILES string of the molecule is CN(c1cccc(C#N)c1)c1nc(N)nc2nc[nH]c12. The van der Waals surface area contributed by atoms with Gasteiger partial charge in [-0.25, -0.2) is 4.98 Å². The van der Waals surface area contributed by atoms with Crippen molar-refractivity contribution < 1.29 is 0 Å². The highest BCUT2D eigenvalue weighted by molar-refractivity contribution is 5.86. The number of anilines is 3. The Balaban J connectivity index is 2.14. The lowest BCUT2D eigenvalue weighted by Gasteiger charge is -2.19. The molecular formula is C13H11N7. The predicted molar refractivity (Wildman–Crippen MR) is 75.3 cm³/mol. The van der Waals surface area contributed by atoms with Gasteiger partial charge < -0.3 is 15.6 Å². The van der Waals surface area contributed by atoms with E-state index in [2.05, 4.69) is 26.0 Å². The Bertz CT molecular complexity index is 815. The van der Waals surface area contributed by atoms with Gasteiger partial charge >= 0.3 is 0 Å². The topological polar surface area (TPSA) is 108 Å². The molecule has 0 unspecified atom stereocenters. The number of hydrogen-bond donors (Lipinski definition) is 2. The van der Waals surface area contributed by atoms with Crippen LogP contribution in [0, 0.1) is 11.3 Å². The molecule has 3 N–H and O–H groups in total. The zero-order valence-electron chi connectivity index (χ0n) is 10.7. The van der Waals surface area contributed by atoms with Crippen LogP contribution in [0.5, 0.6) is 0 Å². The number of nitrogens with two attached hydrogens (primary N) is 1. The predicted octanol–water partition coefficient (Wildman–Crippen LogP) is 1.57. The third-order valence-corrected chi connectivity index (χ3v) is 2.96. The Morgan fingerprint density at radius 2 is 2.20 bits per heavy atom. The van der Waals surface area contributed by atoms with Crippen molar-refractivity contribution in [2.75, 3.05) is 17.7 Å². The van der Waals surface area contributed by atoms with E-state index in [0.717, 1.165) is 5.69 Å². The second-order valence-electron chi connectivity index (χ2n) is 4.23. The van der Waals surface area contributed by atoms with Gasteiger partial charge in [-0.05, 0) is 18.2 Å². The fraction of sp³-hybridized carbons (Fsp3) is 0.0769. The van der Waals surface area contributed by atoms with Gasteiger partial charge in [-0.1, -0.05) is 6.07 Å². The van der Waals surface area contributed by atoms with Gasteiger partial charge in [0.15, 0.2) is 11.5 Å². The molecule has 3 rings (SSSR count). The van der Waals surface area contributed by atoms with Gasteiger partial charge in [0.2, 0.25) is 5.95 Å². The van der Waals surface area contributed by atoms with Gasteiger partial charge in [0.05, 0.1) is 18.0 Å². The van der Waals surface area contributed by atoms with Crippen LogP contribution in [0.15, 0.2) is 30.6 Å². The summed E-state index contributed by atoms with van der Waals surface area (Å²) in [5.74, 6) is 0.767. The van der Waals surface area contributed by atoms with Gasteiger partial charge in [-0.15, -0.1) is 0 Å². The van der Waals surface area contributed by atoms with E-state index < -0.39 is 0 Å². The number of imidazole rings is 1. The van der Waals surface area contributed by atoms with Crippen molar-refractivity contribution in [3.05, 3.63) is 36.2 Å². The molecule has 20 heavy (non-hydrogen) atoms. The Kier molecular flexibility index (Phi) is 2.69. The number of H-pyrrole nitrogens is 1. The largest absolute Gasteiger partial charge is 0.368 e. The number of rotatable bonds is 2. The van der Waals surface area contributed by atoms with Crippen LogP contribution in [0.4, 0.5) is 17.5 Å². The molecule has 0 aliphatic carbocycles. The van der Waals surface area contributed by atoms with Gasteiger partial charge in [0.25, 0.3) is 0 Å². The number of nitriles is 1. The van der Waals surface area contributed by atoms with Crippen molar-refractivity contribution in [2.24, 2.45) is 0 Å². The summed E-state index contributed by atoms with van der Waals surface area (Å²) in [6, 6.07) is 9.35. The third kappa shape index (κ3) is 1.89. The Morgan fingerprint density at radius 1 is 1.35 bits per heavy atom. The molecule has 0 aliphatic rings. The van der Waals surface area contributed by atoms with Crippen molar-refractivity contribution in [3.63, 3.8) is 0 Å². The molecule has 0 bridgehead atoms. The van der Waals surface area contributed by atoms with E-state index in [1.807, 2.05) is 24.1 Å². The van der Waals surface area contributed by atoms with E-state index in [4.69, 9.17) is 11.0 Å². The second-order valence-corrected chi connectivity index (χ2v) is 4.23. The molecule has 0 atom stereocenters. The maximum absolute atomic E-state index is 8.97. The molecule has 7 heteroatoms. The summed E-state index contributed by atoms with van der Waals surface area (Å²) in [6.07, 6.45) is 1.54. The summed E-state index contributed by atoms with van der Waals surface area (Å²) in [5.41, 5.74) is 8.32. The number of fused-ring (bicyclic) bond motifs is 1. The highest BCUT2D eigenvalue weighted by atomic mass is 15.2. The highest BCUT2D eigenvalue weighted by Gasteiger charge is 2.14. The molecule has 3 aromatic rings. The quantitative estimate of drug-likeness (QED) is 0.728. The zero-order valence-corrected chi connectivity index (χ0v) is 10.7. The standard InChI is InChI=1S/C13H11N7/c1-20(9-4-2-3-8(5-9)6-14)12-10-11(17-7-16-10)18-13(15)19-12/h2-5,7H,1H3,(H3,15,16,17,18,19). The lowest BCUT2D eigenvalue weighted by Crippen LogP contribution is -2.13. The summed E-state index contributed by atoms with van der Waals surface area (Å²) in [5, 5.41) is 8.97. The summed E-state index contributed by atoms with van der Waals surface area (Å²) in [4.78, 5) is 17.2. The maximum Gasteiger partial charge on any atom is 0.224 e. The molecule has 0 spiro atoms. The monoisotopic (exact) mass is 265 g/mol. The molecule has 0 amide bonds. The van der Waals surface area contributed by atoms with Crippen LogP contribution < -0.4 is 10.6 Å². The van der Waals surface area contributed by atoms with Crippen molar-refractivity contribution in [1.82, 2.24) is 19.9 Å². The number of hydrogen-bond acceptors (Lipinski definition) is 6. The Morgan fingerprint density at radius 3 is 3.00 bits per heavy atom. The van der Waals surface area contributed by atoms with Gasteiger partial charge in [0.1, 0.15) is 5.52 Å². The zero-order chi connectivity index (χ0) is 14.1. The molecule has 0 fully saturated rings. The van der Waals surface area contributed by atoms with Crippen LogP contribution in [0.2, 0.25) is 0 Å². The third-order valence-electron chi connectivity index (χ3n) is 2.96. The molecular weight excluding hydrogens is 254 g/mol. The summed E-state index contributed by atoms with van der Waals surface area (Å²) >= 11 is 0. The number of aromatic amines is 1. The molecule has 7 nitrogen and oxygen atoms in total. The number of nitrogens with zero attached hydrogens (tertiary/aromatic N) is 5. The number of benzene rings is 1. The molecule has 2 aromatic heterocycles. The van der Waals surface area contributed by atoms with Crippen LogP contribution >= 0.6 is 0 Å². The van der Waals surface area contributed by atoms with E-state index in [9.17, 15) is 0 Å². The smallest absolute Gasteiger partial charge is 0.224 e. The minimum atomic E-state index is 0.155. The summed E-state index contributed by atoms with van der Waals surface area (Å²) < 4.78 is 0. The van der Waals surface area contributed by atoms with Crippen LogP contribution in [-0.2, 0) is 0 Å². The van der Waals surface area contributed by atoms with Crippen LogP contribution in [0.25, 0.3) is 11.2 Å². The average Bonchev–Trinajstić information content (AvgIpc) is 2.93. The minimum absolute atomic E-state index is 0.155. The first kappa shape index (κ1) is 11.9. The first-order chi connectivity index (χ1) is 9.69. The first-order valence-corrected chi connectivity index (χ1v) is 5.89. The average molecular weight is 265 g/mol. The molecule has 0 saturated heterocycles. The maximum atomic E-state index is 8.97. The van der Waals surface area contributed by atoms with Crippen molar-refractivity contribution in [1.29, 1.82) is 5.26 Å². The molecule has 1 aromatic carbocycles. The second kappa shape index (κ2) is 4.51. The first-order valence-electron chi connectivity index (χ1n) is 5.89. The Hall–Kier alpha value is -3.14. The summed E-state index contributed by atoms with van der Waals surface area (Å²) in [6.45, 7) is 0.